The van der Waals surface area contributed by atoms with Gasteiger partial charge in [0.1, 0.15) is 0 Å². The van der Waals surface area contributed by atoms with Gasteiger partial charge in [-0.1, -0.05) is 28.1 Å². The standard InChI is InChI=1S/C15H12BrF2NO/c1-19(9-10-2-5-12(16)6-3-10)15(20)11-4-7-13(17)14(18)8-11/h2-8H,9H2,1H3. The maximum Gasteiger partial charge on any atom is 0.254 e. The first-order chi connectivity index (χ1) is 9.47. The molecule has 2 nitrogen and oxygen atoms in total. The molecule has 0 saturated heterocycles. The highest BCUT2D eigenvalue weighted by Gasteiger charge is 2.14. The summed E-state index contributed by atoms with van der Waals surface area (Å²) < 4.78 is 26.9. The predicted octanol–water partition coefficient (Wildman–Crippen LogP) is 4.00. The minimum Gasteiger partial charge on any atom is -0.337 e. The van der Waals surface area contributed by atoms with Gasteiger partial charge in [0.2, 0.25) is 0 Å². The van der Waals surface area contributed by atoms with Gasteiger partial charge in [-0.05, 0) is 35.9 Å². The Kier molecular flexibility index (Phi) is 4.49. The lowest BCUT2D eigenvalue weighted by Gasteiger charge is -2.17. The summed E-state index contributed by atoms with van der Waals surface area (Å²) in [5.41, 5.74) is 1.08. The average Bonchev–Trinajstić information content (AvgIpc) is 2.43. The molecule has 2 aromatic carbocycles. The van der Waals surface area contributed by atoms with Gasteiger partial charge < -0.3 is 4.90 Å². The maximum atomic E-state index is 13.1. The fraction of sp³-hybridized carbons (Fsp3) is 0.133. The molecule has 2 rings (SSSR count). The van der Waals surface area contributed by atoms with Gasteiger partial charge in [0, 0.05) is 23.6 Å². The minimum atomic E-state index is -1.02. The fourth-order valence-corrected chi connectivity index (χ4v) is 2.05. The van der Waals surface area contributed by atoms with Crippen LogP contribution in [0.4, 0.5) is 8.78 Å². The van der Waals surface area contributed by atoms with E-state index in [0.29, 0.717) is 6.54 Å². The van der Waals surface area contributed by atoms with Crippen molar-refractivity contribution in [2.45, 2.75) is 6.54 Å². The first-order valence-corrected chi connectivity index (χ1v) is 6.71. The third-order valence-electron chi connectivity index (χ3n) is 2.85. The van der Waals surface area contributed by atoms with Crippen molar-refractivity contribution in [3.63, 3.8) is 0 Å². The normalized spacial score (nSPS) is 10.4. The quantitative estimate of drug-likeness (QED) is 0.827. The number of hydrogen-bond donors (Lipinski definition) is 0. The summed E-state index contributed by atoms with van der Waals surface area (Å²) in [5, 5.41) is 0. The number of rotatable bonds is 3. The Balaban J connectivity index is 2.11. The van der Waals surface area contributed by atoms with Crippen molar-refractivity contribution in [2.24, 2.45) is 0 Å². The smallest absolute Gasteiger partial charge is 0.254 e. The van der Waals surface area contributed by atoms with Crippen LogP contribution in [0.3, 0.4) is 0 Å². The molecule has 0 aliphatic heterocycles. The molecule has 0 heterocycles. The molecule has 2 aromatic rings. The van der Waals surface area contributed by atoms with Gasteiger partial charge in [0.05, 0.1) is 0 Å². The summed E-state index contributed by atoms with van der Waals surface area (Å²) in [5.74, 6) is -2.34. The summed E-state index contributed by atoms with van der Waals surface area (Å²) in [7, 11) is 1.62. The molecular formula is C15H12BrF2NO. The van der Waals surface area contributed by atoms with E-state index < -0.39 is 11.6 Å². The molecule has 0 aliphatic carbocycles. The lowest BCUT2D eigenvalue weighted by molar-refractivity contribution is 0.0784. The molecule has 0 spiro atoms. The lowest BCUT2D eigenvalue weighted by Crippen LogP contribution is -2.26. The van der Waals surface area contributed by atoms with Crippen molar-refractivity contribution in [1.29, 1.82) is 0 Å². The van der Waals surface area contributed by atoms with Gasteiger partial charge in [-0.2, -0.15) is 0 Å². The Hall–Kier alpha value is -1.75. The second-order valence-electron chi connectivity index (χ2n) is 4.42. The van der Waals surface area contributed by atoms with Crippen LogP contribution in [-0.4, -0.2) is 17.9 Å². The van der Waals surface area contributed by atoms with E-state index in [1.807, 2.05) is 24.3 Å². The van der Waals surface area contributed by atoms with Crippen LogP contribution in [0.15, 0.2) is 46.9 Å². The van der Waals surface area contributed by atoms with Crippen LogP contribution in [0.2, 0.25) is 0 Å². The van der Waals surface area contributed by atoms with E-state index in [-0.39, 0.29) is 11.5 Å². The van der Waals surface area contributed by atoms with Crippen LogP contribution in [0.1, 0.15) is 15.9 Å². The molecule has 20 heavy (non-hydrogen) atoms. The Morgan fingerprint density at radius 2 is 1.75 bits per heavy atom. The molecule has 0 bridgehead atoms. The number of carbonyl (C=O) groups excluding carboxylic acids is 1. The molecule has 0 aliphatic rings. The van der Waals surface area contributed by atoms with Crippen molar-refractivity contribution >= 4 is 21.8 Å². The van der Waals surface area contributed by atoms with E-state index in [0.717, 1.165) is 22.2 Å². The molecule has 0 N–H and O–H groups in total. The number of amides is 1. The van der Waals surface area contributed by atoms with Crippen molar-refractivity contribution in [3.8, 4) is 0 Å². The Morgan fingerprint density at radius 3 is 2.35 bits per heavy atom. The van der Waals surface area contributed by atoms with Crippen LogP contribution in [0, 0.1) is 11.6 Å². The average molecular weight is 340 g/mol. The van der Waals surface area contributed by atoms with Gasteiger partial charge >= 0.3 is 0 Å². The van der Waals surface area contributed by atoms with Gasteiger partial charge in [-0.3, -0.25) is 4.79 Å². The summed E-state index contributed by atoms with van der Waals surface area (Å²) in [6.45, 7) is 0.394. The van der Waals surface area contributed by atoms with E-state index in [2.05, 4.69) is 15.9 Å². The second-order valence-corrected chi connectivity index (χ2v) is 5.33. The number of benzene rings is 2. The second kappa shape index (κ2) is 6.13. The molecule has 0 saturated carbocycles. The van der Waals surface area contributed by atoms with Crippen molar-refractivity contribution < 1.29 is 13.6 Å². The summed E-state index contributed by atoms with van der Waals surface area (Å²) >= 11 is 3.33. The van der Waals surface area contributed by atoms with E-state index in [1.54, 1.807) is 7.05 Å². The highest BCUT2D eigenvalue weighted by atomic mass is 79.9. The van der Waals surface area contributed by atoms with Crippen LogP contribution >= 0.6 is 15.9 Å². The number of hydrogen-bond acceptors (Lipinski definition) is 1. The first kappa shape index (κ1) is 14.7. The Labute approximate surface area is 124 Å². The molecule has 0 fully saturated rings. The molecule has 0 radical (unpaired) electrons. The highest BCUT2D eigenvalue weighted by Crippen LogP contribution is 2.14. The van der Waals surface area contributed by atoms with Crippen molar-refractivity contribution in [3.05, 3.63) is 69.7 Å². The molecular weight excluding hydrogens is 328 g/mol. The molecule has 0 aromatic heterocycles. The Morgan fingerprint density at radius 1 is 1.10 bits per heavy atom. The minimum absolute atomic E-state index is 0.128. The van der Waals surface area contributed by atoms with E-state index in [1.165, 1.54) is 11.0 Å². The molecule has 104 valence electrons. The third-order valence-corrected chi connectivity index (χ3v) is 3.37. The van der Waals surface area contributed by atoms with Crippen LogP contribution in [-0.2, 0) is 6.54 Å². The van der Waals surface area contributed by atoms with Crippen molar-refractivity contribution in [2.75, 3.05) is 7.05 Å². The van der Waals surface area contributed by atoms with E-state index in [4.69, 9.17) is 0 Å². The largest absolute Gasteiger partial charge is 0.337 e. The summed E-state index contributed by atoms with van der Waals surface area (Å²) in [4.78, 5) is 13.6. The predicted molar refractivity (Wildman–Crippen MR) is 76.3 cm³/mol. The SMILES string of the molecule is CN(Cc1ccc(Br)cc1)C(=O)c1ccc(F)c(F)c1. The molecule has 0 atom stereocenters. The molecule has 5 heteroatoms. The third kappa shape index (κ3) is 3.42. The molecule has 1 amide bonds. The Bertz CT molecular complexity index is 628. The van der Waals surface area contributed by atoms with Crippen LogP contribution in [0.5, 0.6) is 0 Å². The zero-order valence-electron chi connectivity index (χ0n) is 10.7. The monoisotopic (exact) mass is 339 g/mol. The van der Waals surface area contributed by atoms with Gasteiger partial charge in [0.25, 0.3) is 5.91 Å². The van der Waals surface area contributed by atoms with E-state index in [9.17, 15) is 13.6 Å². The number of halogens is 3. The fourth-order valence-electron chi connectivity index (χ4n) is 1.79. The zero-order chi connectivity index (χ0) is 14.7. The van der Waals surface area contributed by atoms with Crippen molar-refractivity contribution in [1.82, 2.24) is 4.90 Å². The molecule has 0 unspecified atom stereocenters. The van der Waals surface area contributed by atoms with Gasteiger partial charge in [-0.25, -0.2) is 8.78 Å². The van der Waals surface area contributed by atoms with Crippen LogP contribution in [0.25, 0.3) is 0 Å². The van der Waals surface area contributed by atoms with Gasteiger partial charge in [-0.15, -0.1) is 0 Å². The van der Waals surface area contributed by atoms with E-state index >= 15 is 0 Å². The van der Waals surface area contributed by atoms with Crippen LogP contribution < -0.4 is 0 Å². The van der Waals surface area contributed by atoms with Gasteiger partial charge in [0.15, 0.2) is 11.6 Å². The summed E-state index contributed by atoms with van der Waals surface area (Å²) in [6, 6.07) is 10.7. The first-order valence-electron chi connectivity index (χ1n) is 5.92. The highest BCUT2D eigenvalue weighted by molar-refractivity contribution is 9.10. The topological polar surface area (TPSA) is 20.3 Å². The lowest BCUT2D eigenvalue weighted by atomic mass is 10.1. The number of carbonyl (C=O) groups is 1. The zero-order valence-corrected chi connectivity index (χ0v) is 12.3. The number of nitrogens with zero attached hydrogens (tertiary/aromatic N) is 1. The maximum absolute atomic E-state index is 13.1. The summed E-state index contributed by atoms with van der Waals surface area (Å²) in [6.07, 6.45) is 0.